The van der Waals surface area contributed by atoms with Crippen molar-refractivity contribution in [1.29, 1.82) is 0 Å². The smallest absolute Gasteiger partial charge is 0.325 e. The first-order chi connectivity index (χ1) is 18.6. The van der Waals surface area contributed by atoms with Gasteiger partial charge >= 0.3 is 5.97 Å². The highest BCUT2D eigenvalue weighted by Crippen LogP contribution is 2.41. The van der Waals surface area contributed by atoms with Crippen LogP contribution in [-0.2, 0) is 16.1 Å². The van der Waals surface area contributed by atoms with Crippen molar-refractivity contribution in [2.45, 2.75) is 52.0 Å². The molecule has 2 heterocycles. The molecule has 200 valence electrons. The SMILES string of the molecule is CCCCCCCCOC(=O)Cn1cccc1-c1nc(-c2ccc(OC)cc2)c(-c2ccc(OC)cc2)s1. The Bertz CT molecular complexity index is 1230. The van der Waals surface area contributed by atoms with Crippen molar-refractivity contribution in [3.8, 4) is 43.9 Å². The molecule has 0 atom stereocenters. The molecule has 4 aromatic rings. The Kier molecular flexibility index (Phi) is 9.98. The van der Waals surface area contributed by atoms with Crippen molar-refractivity contribution in [3.05, 3.63) is 66.9 Å². The van der Waals surface area contributed by atoms with Crippen LogP contribution in [0.15, 0.2) is 66.9 Å². The van der Waals surface area contributed by atoms with Gasteiger partial charge in [0.1, 0.15) is 23.1 Å². The van der Waals surface area contributed by atoms with Gasteiger partial charge in [-0.2, -0.15) is 0 Å². The molecule has 0 aliphatic rings. The molecule has 0 aliphatic heterocycles. The van der Waals surface area contributed by atoms with Gasteiger partial charge in [-0.15, -0.1) is 11.3 Å². The highest BCUT2D eigenvalue weighted by atomic mass is 32.1. The number of hydrogen-bond donors (Lipinski definition) is 0. The molecular formula is C31H36N2O4S. The van der Waals surface area contributed by atoms with Crippen molar-refractivity contribution in [2.24, 2.45) is 0 Å². The molecule has 38 heavy (non-hydrogen) atoms. The van der Waals surface area contributed by atoms with E-state index < -0.39 is 0 Å². The number of thiazole rings is 1. The number of aromatic nitrogens is 2. The van der Waals surface area contributed by atoms with Crippen molar-refractivity contribution in [3.63, 3.8) is 0 Å². The molecule has 0 unspecified atom stereocenters. The summed E-state index contributed by atoms with van der Waals surface area (Å²) < 4.78 is 18.1. The summed E-state index contributed by atoms with van der Waals surface area (Å²) in [5, 5.41) is 0.843. The van der Waals surface area contributed by atoms with E-state index in [2.05, 4.69) is 6.92 Å². The molecular weight excluding hydrogens is 496 g/mol. The Labute approximate surface area is 229 Å². The maximum Gasteiger partial charge on any atom is 0.325 e. The van der Waals surface area contributed by atoms with E-state index in [0.717, 1.165) is 56.7 Å². The predicted molar refractivity (Wildman–Crippen MR) is 154 cm³/mol. The zero-order valence-corrected chi connectivity index (χ0v) is 23.3. The average molecular weight is 533 g/mol. The van der Waals surface area contributed by atoms with Crippen LogP contribution in [0.4, 0.5) is 0 Å². The number of ether oxygens (including phenoxy) is 3. The third-order valence-electron chi connectivity index (χ3n) is 6.45. The van der Waals surface area contributed by atoms with Crippen molar-refractivity contribution in [2.75, 3.05) is 20.8 Å². The second-order valence-electron chi connectivity index (χ2n) is 9.16. The highest BCUT2D eigenvalue weighted by Gasteiger charge is 2.19. The van der Waals surface area contributed by atoms with Gasteiger partial charge in [0, 0.05) is 11.8 Å². The van der Waals surface area contributed by atoms with Crippen LogP contribution >= 0.6 is 11.3 Å². The molecule has 0 bridgehead atoms. The van der Waals surface area contributed by atoms with Crippen LogP contribution in [0, 0.1) is 0 Å². The topological polar surface area (TPSA) is 62.6 Å². The fourth-order valence-electron chi connectivity index (χ4n) is 4.31. The number of unbranched alkanes of at least 4 members (excludes halogenated alkanes) is 5. The van der Waals surface area contributed by atoms with E-state index in [1.165, 1.54) is 25.7 Å². The van der Waals surface area contributed by atoms with Crippen LogP contribution in [0.25, 0.3) is 32.4 Å². The Morgan fingerprint density at radius 2 is 1.47 bits per heavy atom. The van der Waals surface area contributed by atoms with E-state index in [1.54, 1.807) is 25.6 Å². The zero-order chi connectivity index (χ0) is 26.7. The summed E-state index contributed by atoms with van der Waals surface area (Å²) in [6.45, 7) is 2.85. The number of esters is 1. The van der Waals surface area contributed by atoms with Crippen LogP contribution in [0.1, 0.15) is 45.4 Å². The fraction of sp³-hybridized carbons (Fsp3) is 0.355. The quantitative estimate of drug-likeness (QED) is 0.122. The number of carbonyl (C=O) groups is 1. The lowest BCUT2D eigenvalue weighted by atomic mass is 10.1. The molecule has 0 fully saturated rings. The summed E-state index contributed by atoms with van der Waals surface area (Å²) in [4.78, 5) is 18.7. The number of hydrogen-bond acceptors (Lipinski definition) is 6. The lowest BCUT2D eigenvalue weighted by Gasteiger charge is -2.08. The monoisotopic (exact) mass is 532 g/mol. The lowest BCUT2D eigenvalue weighted by molar-refractivity contribution is -0.144. The van der Waals surface area contributed by atoms with Gasteiger partial charge in [-0.05, 0) is 72.6 Å². The van der Waals surface area contributed by atoms with E-state index >= 15 is 0 Å². The largest absolute Gasteiger partial charge is 0.497 e. The first kappa shape index (κ1) is 27.5. The maximum absolute atomic E-state index is 12.6. The molecule has 6 nitrogen and oxygen atoms in total. The van der Waals surface area contributed by atoms with Crippen molar-refractivity contribution in [1.82, 2.24) is 9.55 Å². The van der Waals surface area contributed by atoms with Gasteiger partial charge in [0.2, 0.25) is 0 Å². The first-order valence-electron chi connectivity index (χ1n) is 13.2. The summed E-state index contributed by atoms with van der Waals surface area (Å²) in [6.07, 6.45) is 8.87. The summed E-state index contributed by atoms with van der Waals surface area (Å²) >= 11 is 1.60. The first-order valence-corrected chi connectivity index (χ1v) is 14.1. The number of nitrogens with zero attached hydrogens (tertiary/aromatic N) is 2. The van der Waals surface area contributed by atoms with Crippen LogP contribution < -0.4 is 9.47 Å². The van der Waals surface area contributed by atoms with Gasteiger partial charge in [0.05, 0.1) is 37.1 Å². The number of benzene rings is 2. The third kappa shape index (κ3) is 7.04. The van der Waals surface area contributed by atoms with Crippen LogP contribution in [0.2, 0.25) is 0 Å². The van der Waals surface area contributed by atoms with Crippen LogP contribution in [-0.4, -0.2) is 36.3 Å². The molecule has 0 aliphatic carbocycles. The molecule has 4 rings (SSSR count). The van der Waals surface area contributed by atoms with E-state index in [4.69, 9.17) is 19.2 Å². The van der Waals surface area contributed by atoms with E-state index in [-0.39, 0.29) is 12.5 Å². The number of rotatable bonds is 14. The highest BCUT2D eigenvalue weighted by molar-refractivity contribution is 7.18. The Morgan fingerprint density at radius 3 is 2.13 bits per heavy atom. The normalized spacial score (nSPS) is 10.9. The van der Waals surface area contributed by atoms with Gasteiger partial charge in [-0.1, -0.05) is 39.0 Å². The molecule has 0 saturated carbocycles. The Hall–Kier alpha value is -3.58. The second kappa shape index (κ2) is 13.8. The maximum atomic E-state index is 12.6. The van der Waals surface area contributed by atoms with Gasteiger partial charge < -0.3 is 18.8 Å². The average Bonchev–Trinajstić information content (AvgIpc) is 3.60. The Balaban J connectivity index is 1.53. The molecule has 0 saturated heterocycles. The van der Waals surface area contributed by atoms with Crippen molar-refractivity contribution < 1.29 is 19.0 Å². The minimum Gasteiger partial charge on any atom is -0.497 e. The zero-order valence-electron chi connectivity index (χ0n) is 22.4. The fourth-order valence-corrected chi connectivity index (χ4v) is 5.45. The molecule has 0 amide bonds. The van der Waals surface area contributed by atoms with Gasteiger partial charge in [-0.25, -0.2) is 4.98 Å². The van der Waals surface area contributed by atoms with Crippen LogP contribution in [0.5, 0.6) is 11.5 Å². The minimum atomic E-state index is -0.224. The van der Waals surface area contributed by atoms with E-state index in [0.29, 0.717) is 6.61 Å². The standard InChI is InChI=1S/C31H36N2O4S/c1-4-5-6-7-8-9-21-37-28(34)22-33-20-10-11-27(33)31-32-29(23-12-16-25(35-2)17-13-23)30(38-31)24-14-18-26(36-3)19-15-24/h10-20H,4-9,21-22H2,1-3H3. The van der Waals surface area contributed by atoms with Gasteiger partial charge in [0.15, 0.2) is 0 Å². The van der Waals surface area contributed by atoms with E-state index in [9.17, 15) is 4.79 Å². The molecule has 7 heteroatoms. The molecule has 0 radical (unpaired) electrons. The lowest BCUT2D eigenvalue weighted by Crippen LogP contribution is -2.14. The Morgan fingerprint density at radius 1 is 0.842 bits per heavy atom. The predicted octanol–water partition coefficient (Wildman–Crippen LogP) is 7.87. The summed E-state index contributed by atoms with van der Waals surface area (Å²) in [6, 6.07) is 19.8. The molecule has 2 aromatic heterocycles. The minimum absolute atomic E-state index is 0.160. The summed E-state index contributed by atoms with van der Waals surface area (Å²) in [5.74, 6) is 1.37. The molecule has 0 N–H and O–H groups in total. The van der Waals surface area contributed by atoms with E-state index in [1.807, 2.05) is 71.4 Å². The summed E-state index contributed by atoms with van der Waals surface area (Å²) in [7, 11) is 3.32. The van der Waals surface area contributed by atoms with Gasteiger partial charge in [0.25, 0.3) is 0 Å². The van der Waals surface area contributed by atoms with Crippen LogP contribution in [0.3, 0.4) is 0 Å². The second-order valence-corrected chi connectivity index (χ2v) is 10.2. The number of methoxy groups -OCH3 is 2. The number of carbonyl (C=O) groups excluding carboxylic acids is 1. The van der Waals surface area contributed by atoms with Gasteiger partial charge in [-0.3, -0.25) is 4.79 Å². The summed E-state index contributed by atoms with van der Waals surface area (Å²) in [5.41, 5.74) is 3.82. The third-order valence-corrected chi connectivity index (χ3v) is 7.58. The van der Waals surface area contributed by atoms with Crippen molar-refractivity contribution >= 4 is 17.3 Å². The molecule has 0 spiro atoms. The molecule has 2 aromatic carbocycles.